The lowest BCUT2D eigenvalue weighted by atomic mass is 9.95. The molecular weight excluding hydrogens is 380 g/mol. The van der Waals surface area contributed by atoms with Crippen LogP contribution < -0.4 is 4.57 Å². The molecule has 0 aliphatic heterocycles. The molecule has 0 atom stereocenters. The first-order valence-corrected chi connectivity index (χ1v) is 10.4. The SMILES string of the molecule is [C-]#[N+]c1ccc2c(oc3c(-c4cc(C)cc[n+]4C)c(C)cc(C)c32)c1-c1ccccc1. The van der Waals surface area contributed by atoms with Gasteiger partial charge in [-0.3, -0.25) is 0 Å². The number of pyridine rings is 1. The largest absolute Gasteiger partial charge is 0.456 e. The van der Waals surface area contributed by atoms with Gasteiger partial charge in [-0.2, -0.15) is 0 Å². The van der Waals surface area contributed by atoms with Crippen molar-refractivity contribution in [1.82, 2.24) is 0 Å². The van der Waals surface area contributed by atoms with E-state index < -0.39 is 0 Å². The Morgan fingerprint density at radius 3 is 2.35 bits per heavy atom. The van der Waals surface area contributed by atoms with Gasteiger partial charge in [0.2, 0.25) is 5.69 Å². The fourth-order valence-corrected chi connectivity index (χ4v) is 4.59. The summed E-state index contributed by atoms with van der Waals surface area (Å²) < 4.78 is 8.80. The lowest BCUT2D eigenvalue weighted by Gasteiger charge is -2.08. The summed E-state index contributed by atoms with van der Waals surface area (Å²) in [5.74, 6) is 0. The van der Waals surface area contributed by atoms with E-state index in [2.05, 4.69) is 61.6 Å². The van der Waals surface area contributed by atoms with E-state index in [-0.39, 0.29) is 0 Å². The summed E-state index contributed by atoms with van der Waals surface area (Å²) in [5.41, 5.74) is 9.91. The third-order valence-corrected chi connectivity index (χ3v) is 6.03. The smallest absolute Gasteiger partial charge is 0.216 e. The Labute approximate surface area is 182 Å². The fraction of sp³-hybridized carbons (Fsp3) is 0.143. The summed E-state index contributed by atoms with van der Waals surface area (Å²) in [4.78, 5) is 3.80. The Balaban J connectivity index is 1.97. The van der Waals surface area contributed by atoms with Crippen LogP contribution in [0.5, 0.6) is 0 Å². The van der Waals surface area contributed by atoms with Crippen molar-refractivity contribution in [2.24, 2.45) is 7.05 Å². The molecule has 150 valence electrons. The van der Waals surface area contributed by atoms with Crippen LogP contribution in [0.4, 0.5) is 5.69 Å². The van der Waals surface area contributed by atoms with Crippen LogP contribution in [0.2, 0.25) is 0 Å². The van der Waals surface area contributed by atoms with E-state index in [9.17, 15) is 0 Å². The van der Waals surface area contributed by atoms with Crippen molar-refractivity contribution in [3.63, 3.8) is 0 Å². The molecule has 0 radical (unpaired) electrons. The molecule has 0 aliphatic rings. The average Bonchev–Trinajstić information content (AvgIpc) is 3.15. The fourth-order valence-electron chi connectivity index (χ4n) is 4.59. The van der Waals surface area contributed by atoms with Crippen molar-refractivity contribution in [2.45, 2.75) is 20.8 Å². The van der Waals surface area contributed by atoms with Crippen LogP contribution in [0.3, 0.4) is 0 Å². The van der Waals surface area contributed by atoms with Crippen LogP contribution in [-0.2, 0) is 7.05 Å². The Hall–Kier alpha value is -3.90. The maximum atomic E-state index is 7.73. The zero-order valence-corrected chi connectivity index (χ0v) is 18.2. The third-order valence-electron chi connectivity index (χ3n) is 6.03. The number of aromatic nitrogens is 1. The Morgan fingerprint density at radius 1 is 0.839 bits per heavy atom. The van der Waals surface area contributed by atoms with Gasteiger partial charge in [-0.05, 0) is 43.0 Å². The highest BCUT2D eigenvalue weighted by Crippen LogP contribution is 2.45. The molecule has 0 spiro atoms. The number of aryl methyl sites for hydroxylation is 4. The van der Waals surface area contributed by atoms with Crippen LogP contribution in [0.25, 0.3) is 49.2 Å². The molecule has 0 saturated carbocycles. The van der Waals surface area contributed by atoms with Crippen molar-refractivity contribution in [3.8, 4) is 22.4 Å². The lowest BCUT2D eigenvalue weighted by molar-refractivity contribution is -0.660. The second-order valence-corrected chi connectivity index (χ2v) is 8.21. The molecule has 3 nitrogen and oxygen atoms in total. The predicted octanol–water partition coefficient (Wildman–Crippen LogP) is 7.22. The lowest BCUT2D eigenvalue weighted by Crippen LogP contribution is -2.30. The number of fused-ring (bicyclic) bond motifs is 3. The van der Waals surface area contributed by atoms with Gasteiger partial charge in [-0.25, -0.2) is 9.41 Å². The molecular formula is C28H23N2O+. The van der Waals surface area contributed by atoms with Gasteiger partial charge in [0.25, 0.3) is 0 Å². The minimum atomic E-state index is 0.606. The van der Waals surface area contributed by atoms with Crippen LogP contribution >= 0.6 is 0 Å². The summed E-state index contributed by atoms with van der Waals surface area (Å²) in [5, 5.41) is 2.17. The molecule has 0 unspecified atom stereocenters. The molecule has 2 aromatic heterocycles. The van der Waals surface area contributed by atoms with Gasteiger partial charge in [0.15, 0.2) is 11.9 Å². The molecule has 3 heteroatoms. The minimum Gasteiger partial charge on any atom is -0.456 e. The highest BCUT2D eigenvalue weighted by molar-refractivity contribution is 6.16. The number of hydrogen-bond acceptors (Lipinski definition) is 1. The molecule has 5 rings (SSSR count). The molecule has 31 heavy (non-hydrogen) atoms. The van der Waals surface area contributed by atoms with Crippen molar-refractivity contribution in [1.29, 1.82) is 0 Å². The molecule has 0 aliphatic carbocycles. The highest BCUT2D eigenvalue weighted by atomic mass is 16.3. The highest BCUT2D eigenvalue weighted by Gasteiger charge is 2.24. The Bertz CT molecular complexity index is 1520. The summed E-state index contributed by atoms with van der Waals surface area (Å²) in [6.07, 6.45) is 2.09. The first-order chi connectivity index (χ1) is 15.0. The molecule has 5 aromatic rings. The summed E-state index contributed by atoms with van der Waals surface area (Å²) in [7, 11) is 2.06. The van der Waals surface area contributed by atoms with Gasteiger partial charge < -0.3 is 4.42 Å². The first kappa shape index (κ1) is 19.1. The topological polar surface area (TPSA) is 21.4 Å². The normalized spacial score (nSPS) is 11.2. The zero-order valence-electron chi connectivity index (χ0n) is 18.2. The van der Waals surface area contributed by atoms with Crippen molar-refractivity contribution < 1.29 is 8.98 Å². The first-order valence-electron chi connectivity index (χ1n) is 10.4. The molecule has 0 N–H and O–H groups in total. The predicted molar refractivity (Wildman–Crippen MR) is 126 cm³/mol. The van der Waals surface area contributed by atoms with Gasteiger partial charge in [-0.15, -0.1) is 0 Å². The second kappa shape index (κ2) is 7.11. The third kappa shape index (κ3) is 2.92. The zero-order chi connectivity index (χ0) is 21.7. The number of hydrogen-bond donors (Lipinski definition) is 0. The van der Waals surface area contributed by atoms with Crippen molar-refractivity contribution in [3.05, 3.63) is 95.0 Å². The molecule has 0 amide bonds. The van der Waals surface area contributed by atoms with E-state index >= 15 is 0 Å². The van der Waals surface area contributed by atoms with Crippen LogP contribution in [0.1, 0.15) is 16.7 Å². The Kier molecular flexibility index (Phi) is 4.38. The molecule has 2 heterocycles. The van der Waals surface area contributed by atoms with Gasteiger partial charge in [0, 0.05) is 28.5 Å². The van der Waals surface area contributed by atoms with Gasteiger partial charge in [0.05, 0.1) is 12.1 Å². The van der Waals surface area contributed by atoms with Crippen LogP contribution in [-0.4, -0.2) is 0 Å². The van der Waals surface area contributed by atoms with E-state index in [1.54, 1.807) is 0 Å². The summed E-state index contributed by atoms with van der Waals surface area (Å²) in [6, 6.07) is 20.6. The quantitative estimate of drug-likeness (QED) is 0.225. The molecule has 3 aromatic carbocycles. The van der Waals surface area contributed by atoms with Gasteiger partial charge in [-0.1, -0.05) is 48.5 Å². The second-order valence-electron chi connectivity index (χ2n) is 8.21. The maximum Gasteiger partial charge on any atom is 0.216 e. The van der Waals surface area contributed by atoms with E-state index in [0.29, 0.717) is 5.69 Å². The van der Waals surface area contributed by atoms with E-state index in [1.807, 2.05) is 42.5 Å². The average molecular weight is 404 g/mol. The van der Waals surface area contributed by atoms with Gasteiger partial charge in [0.1, 0.15) is 18.2 Å². The van der Waals surface area contributed by atoms with Gasteiger partial charge >= 0.3 is 0 Å². The van der Waals surface area contributed by atoms with E-state index in [1.165, 1.54) is 16.7 Å². The summed E-state index contributed by atoms with van der Waals surface area (Å²) in [6.45, 7) is 14.1. The van der Waals surface area contributed by atoms with Crippen LogP contribution in [0.15, 0.2) is 71.3 Å². The number of nitrogens with zero attached hydrogens (tertiary/aromatic N) is 2. The number of furan rings is 1. The molecule has 0 bridgehead atoms. The molecule has 0 fully saturated rings. The van der Waals surface area contributed by atoms with E-state index in [0.717, 1.165) is 44.3 Å². The molecule has 0 saturated heterocycles. The number of rotatable bonds is 2. The van der Waals surface area contributed by atoms with Crippen LogP contribution in [0, 0.1) is 27.3 Å². The maximum absolute atomic E-state index is 7.73. The number of benzene rings is 3. The summed E-state index contributed by atoms with van der Waals surface area (Å²) >= 11 is 0. The van der Waals surface area contributed by atoms with Crippen molar-refractivity contribution >= 4 is 27.6 Å². The Morgan fingerprint density at radius 2 is 1.61 bits per heavy atom. The van der Waals surface area contributed by atoms with Crippen molar-refractivity contribution in [2.75, 3.05) is 0 Å². The standard InChI is InChI=1S/C28H23N2O/c1-17-13-14-30(5)23(15-17)25-19(3)16-18(2)24-21-11-12-22(29-4)26(27(21)31-28(24)25)20-9-7-6-8-10-20/h6-16H,1-3,5H3/q+1. The van der Waals surface area contributed by atoms with E-state index in [4.69, 9.17) is 11.0 Å². The monoisotopic (exact) mass is 403 g/mol. The minimum absolute atomic E-state index is 0.606.